The Morgan fingerprint density at radius 2 is 2.06 bits per heavy atom. The normalized spacial score (nSPS) is 9.88. The molecule has 1 amide bonds. The number of benzene rings is 1. The van der Waals surface area contributed by atoms with Crippen LogP contribution in [-0.4, -0.2) is 17.1 Å². The Balaban J connectivity index is 2.29. The third-order valence-electron chi connectivity index (χ3n) is 2.01. The zero-order valence-electron chi connectivity index (χ0n) is 9.06. The first-order valence-electron chi connectivity index (χ1n) is 5.17. The fraction of sp³-hybridized carbons (Fsp3) is 0.333. The van der Waals surface area contributed by atoms with Gasteiger partial charge in [0.1, 0.15) is 6.61 Å². The maximum absolute atomic E-state index is 11.4. The van der Waals surface area contributed by atoms with Crippen molar-refractivity contribution in [3.05, 3.63) is 42.8 Å². The van der Waals surface area contributed by atoms with E-state index in [2.05, 4.69) is 6.92 Å². The third-order valence-corrected chi connectivity index (χ3v) is 2.31. The van der Waals surface area contributed by atoms with E-state index in [1.807, 2.05) is 30.3 Å². The molecule has 0 bridgehead atoms. The number of halogens is 1. The Kier molecular flexibility index (Phi) is 5.72. The number of hydrogen-bond acceptors (Lipinski definition) is 2. The summed E-state index contributed by atoms with van der Waals surface area (Å²) in [6.45, 7) is 4.37. The summed E-state index contributed by atoms with van der Waals surface area (Å²) in [6, 6.07) is 9.48. The quantitative estimate of drug-likeness (QED) is 0.739. The topological polar surface area (TPSA) is 29.5 Å². The molecule has 0 spiro atoms. The third kappa shape index (κ3) is 4.53. The first-order chi connectivity index (χ1) is 7.74. The molecule has 4 heteroatoms. The van der Waals surface area contributed by atoms with Crippen molar-refractivity contribution in [2.45, 2.75) is 19.4 Å². The summed E-state index contributed by atoms with van der Waals surface area (Å²) in [5.74, 6) is 0. The second-order valence-electron chi connectivity index (χ2n) is 3.33. The van der Waals surface area contributed by atoms with E-state index in [4.69, 9.17) is 16.5 Å². The second kappa shape index (κ2) is 7.12. The standard InChI is InChI=1S/C12H15ClNO2/c1-2-3-9-14(13)12(15)16-10-11-7-5-4-6-8-11/h4-8H,1-3,9-10H2. The van der Waals surface area contributed by atoms with Gasteiger partial charge in [0.15, 0.2) is 0 Å². The number of carbonyl (C=O) groups is 1. The van der Waals surface area contributed by atoms with E-state index >= 15 is 0 Å². The maximum atomic E-state index is 11.4. The molecule has 0 aliphatic carbocycles. The molecule has 1 radical (unpaired) electrons. The van der Waals surface area contributed by atoms with E-state index in [9.17, 15) is 4.79 Å². The zero-order chi connectivity index (χ0) is 11.8. The number of nitrogens with zero attached hydrogens (tertiary/aromatic N) is 1. The van der Waals surface area contributed by atoms with Gasteiger partial charge in [-0.05, 0) is 12.0 Å². The van der Waals surface area contributed by atoms with Crippen LogP contribution in [0.1, 0.15) is 18.4 Å². The molecule has 87 valence electrons. The number of rotatable bonds is 5. The molecule has 16 heavy (non-hydrogen) atoms. The molecule has 0 saturated heterocycles. The van der Waals surface area contributed by atoms with E-state index in [1.165, 1.54) is 0 Å². The average Bonchev–Trinajstić information content (AvgIpc) is 2.34. The molecular formula is C12H15ClNO2. The van der Waals surface area contributed by atoms with E-state index in [-0.39, 0.29) is 6.61 Å². The van der Waals surface area contributed by atoms with Crippen LogP contribution in [0, 0.1) is 6.92 Å². The Hall–Kier alpha value is -1.22. The van der Waals surface area contributed by atoms with Gasteiger partial charge in [0.25, 0.3) is 0 Å². The minimum Gasteiger partial charge on any atom is -0.444 e. The highest BCUT2D eigenvalue weighted by Crippen LogP contribution is 2.06. The molecule has 0 N–H and O–H groups in total. The van der Waals surface area contributed by atoms with Crippen molar-refractivity contribution in [1.29, 1.82) is 0 Å². The van der Waals surface area contributed by atoms with Gasteiger partial charge in [-0.3, -0.25) is 0 Å². The molecule has 0 fully saturated rings. The van der Waals surface area contributed by atoms with Crippen LogP contribution in [0.25, 0.3) is 0 Å². The molecular weight excluding hydrogens is 226 g/mol. The van der Waals surface area contributed by atoms with Gasteiger partial charge in [-0.1, -0.05) is 43.7 Å². The number of carbonyl (C=O) groups excluding carboxylic acids is 1. The first kappa shape index (κ1) is 12.8. The molecule has 0 aliphatic heterocycles. The lowest BCUT2D eigenvalue weighted by Gasteiger charge is -2.13. The highest BCUT2D eigenvalue weighted by molar-refractivity contribution is 6.20. The van der Waals surface area contributed by atoms with Gasteiger partial charge < -0.3 is 4.74 Å². The maximum Gasteiger partial charge on any atom is 0.424 e. The Morgan fingerprint density at radius 1 is 1.38 bits per heavy atom. The summed E-state index contributed by atoms with van der Waals surface area (Å²) in [4.78, 5) is 11.4. The van der Waals surface area contributed by atoms with Crippen molar-refractivity contribution in [3.63, 3.8) is 0 Å². The molecule has 3 nitrogen and oxygen atoms in total. The van der Waals surface area contributed by atoms with Gasteiger partial charge in [-0.15, -0.1) is 0 Å². The van der Waals surface area contributed by atoms with E-state index in [1.54, 1.807) is 0 Å². The molecule has 1 aromatic carbocycles. The van der Waals surface area contributed by atoms with Gasteiger partial charge in [0, 0.05) is 18.3 Å². The van der Waals surface area contributed by atoms with Crippen LogP contribution < -0.4 is 0 Å². The molecule has 0 unspecified atom stereocenters. The number of ether oxygens (including phenoxy) is 1. The minimum absolute atomic E-state index is 0.243. The monoisotopic (exact) mass is 240 g/mol. The highest BCUT2D eigenvalue weighted by atomic mass is 35.5. The van der Waals surface area contributed by atoms with Crippen molar-refractivity contribution in [3.8, 4) is 0 Å². The van der Waals surface area contributed by atoms with E-state index in [0.717, 1.165) is 22.8 Å². The van der Waals surface area contributed by atoms with Crippen LogP contribution in [0.3, 0.4) is 0 Å². The summed E-state index contributed by atoms with van der Waals surface area (Å²) in [7, 11) is 0. The smallest absolute Gasteiger partial charge is 0.424 e. The van der Waals surface area contributed by atoms with Crippen LogP contribution in [0.4, 0.5) is 4.79 Å². The van der Waals surface area contributed by atoms with Crippen molar-refractivity contribution in [2.75, 3.05) is 6.54 Å². The Morgan fingerprint density at radius 3 is 2.69 bits per heavy atom. The zero-order valence-corrected chi connectivity index (χ0v) is 9.82. The number of hydrogen-bond donors (Lipinski definition) is 0. The van der Waals surface area contributed by atoms with Crippen LogP contribution in [0.5, 0.6) is 0 Å². The van der Waals surface area contributed by atoms with Gasteiger partial charge in [-0.25, -0.2) is 9.21 Å². The van der Waals surface area contributed by atoms with Gasteiger partial charge in [0.2, 0.25) is 0 Å². The Labute approximate surface area is 101 Å². The van der Waals surface area contributed by atoms with Crippen molar-refractivity contribution >= 4 is 17.9 Å². The molecule has 0 atom stereocenters. The summed E-state index contributed by atoms with van der Waals surface area (Å²) in [5.41, 5.74) is 0.943. The van der Waals surface area contributed by atoms with E-state index < -0.39 is 6.09 Å². The lowest BCUT2D eigenvalue weighted by molar-refractivity contribution is 0.119. The van der Waals surface area contributed by atoms with Crippen LogP contribution in [0.15, 0.2) is 30.3 Å². The highest BCUT2D eigenvalue weighted by Gasteiger charge is 2.11. The predicted molar refractivity (Wildman–Crippen MR) is 63.8 cm³/mol. The fourth-order valence-electron chi connectivity index (χ4n) is 1.13. The van der Waals surface area contributed by atoms with Crippen LogP contribution >= 0.6 is 11.8 Å². The summed E-state index contributed by atoms with van der Waals surface area (Å²) >= 11 is 5.71. The molecule has 0 aliphatic rings. The lowest BCUT2D eigenvalue weighted by atomic mass is 10.2. The second-order valence-corrected chi connectivity index (χ2v) is 3.74. The summed E-state index contributed by atoms with van der Waals surface area (Å²) in [6.07, 6.45) is 0.998. The van der Waals surface area contributed by atoms with Gasteiger partial charge >= 0.3 is 6.09 Å². The van der Waals surface area contributed by atoms with Crippen molar-refractivity contribution in [2.24, 2.45) is 0 Å². The van der Waals surface area contributed by atoms with Crippen molar-refractivity contribution in [1.82, 2.24) is 4.42 Å². The van der Waals surface area contributed by atoms with Crippen LogP contribution in [0.2, 0.25) is 0 Å². The lowest BCUT2D eigenvalue weighted by Crippen LogP contribution is -2.23. The molecule has 0 saturated carbocycles. The minimum atomic E-state index is -0.515. The number of unbranched alkanes of at least 4 members (excludes halogenated alkanes) is 1. The predicted octanol–water partition coefficient (Wildman–Crippen LogP) is 3.39. The molecule has 0 aromatic heterocycles. The van der Waals surface area contributed by atoms with Crippen molar-refractivity contribution < 1.29 is 9.53 Å². The SMILES string of the molecule is [CH2]CCCN(Cl)C(=O)OCc1ccccc1. The van der Waals surface area contributed by atoms with Gasteiger partial charge in [-0.2, -0.15) is 0 Å². The van der Waals surface area contributed by atoms with Gasteiger partial charge in [0.05, 0.1) is 0 Å². The summed E-state index contributed by atoms with van der Waals surface area (Å²) in [5, 5.41) is 0. The Bertz CT molecular complexity index is 316. The summed E-state index contributed by atoms with van der Waals surface area (Å²) < 4.78 is 6.07. The average molecular weight is 241 g/mol. The fourth-order valence-corrected chi connectivity index (χ4v) is 1.30. The molecule has 0 heterocycles. The largest absolute Gasteiger partial charge is 0.444 e. The first-order valence-corrected chi connectivity index (χ1v) is 5.51. The van der Waals surface area contributed by atoms with E-state index in [0.29, 0.717) is 6.54 Å². The number of amides is 1. The van der Waals surface area contributed by atoms with Crippen LogP contribution in [-0.2, 0) is 11.3 Å². The molecule has 1 rings (SSSR count). The molecule has 1 aromatic rings.